The Bertz CT molecular complexity index is 521. The summed E-state index contributed by atoms with van der Waals surface area (Å²) >= 11 is 5.98. The van der Waals surface area contributed by atoms with Crippen LogP contribution < -0.4 is 10.1 Å². The molecule has 1 saturated carbocycles. The lowest BCUT2D eigenvalue weighted by Crippen LogP contribution is -2.32. The maximum atomic E-state index is 12.0. The molecule has 1 amide bonds. The van der Waals surface area contributed by atoms with Crippen molar-refractivity contribution in [2.45, 2.75) is 45.1 Å². The number of amides is 1. The third-order valence-electron chi connectivity index (χ3n) is 4.38. The van der Waals surface area contributed by atoms with Crippen molar-refractivity contribution >= 4 is 17.5 Å². The molecule has 0 aliphatic heterocycles. The van der Waals surface area contributed by atoms with Crippen molar-refractivity contribution in [1.29, 1.82) is 0 Å². The molecule has 0 heterocycles. The molecule has 0 aromatic heterocycles. The van der Waals surface area contributed by atoms with E-state index in [1.807, 2.05) is 0 Å². The van der Waals surface area contributed by atoms with Crippen LogP contribution >= 0.6 is 11.6 Å². The number of carbonyl (C=O) groups is 1. The lowest BCUT2D eigenvalue weighted by Gasteiger charge is -2.28. The van der Waals surface area contributed by atoms with Gasteiger partial charge in [-0.05, 0) is 37.0 Å². The lowest BCUT2D eigenvalue weighted by molar-refractivity contribution is -0.120. The molecule has 23 heavy (non-hydrogen) atoms. The fourth-order valence-electron chi connectivity index (χ4n) is 3.05. The fraction of sp³-hybridized carbons (Fsp3) is 0.611. The van der Waals surface area contributed by atoms with Gasteiger partial charge in [0.05, 0.1) is 26.2 Å². The summed E-state index contributed by atoms with van der Waals surface area (Å²) in [6.07, 6.45) is 5.52. The van der Waals surface area contributed by atoms with Gasteiger partial charge in [-0.25, -0.2) is 0 Å². The Labute approximate surface area is 143 Å². The van der Waals surface area contributed by atoms with Crippen LogP contribution in [-0.2, 0) is 16.0 Å². The number of nitrogens with one attached hydrogen (secondary N) is 1. The highest BCUT2D eigenvalue weighted by Gasteiger charge is 2.21. The minimum Gasteiger partial charge on any atom is -0.496 e. The monoisotopic (exact) mass is 339 g/mol. The van der Waals surface area contributed by atoms with E-state index in [1.165, 1.54) is 19.3 Å². The van der Waals surface area contributed by atoms with Gasteiger partial charge in [-0.2, -0.15) is 0 Å². The summed E-state index contributed by atoms with van der Waals surface area (Å²) < 4.78 is 11.2. The minimum absolute atomic E-state index is 0.0501. The second-order valence-electron chi connectivity index (χ2n) is 6.15. The SMILES string of the molecule is COc1ccc(Cl)cc1CC(=O)NCCO[C@@H]1CCCC[C@@H]1C. The molecule has 1 fully saturated rings. The van der Waals surface area contributed by atoms with Crippen LogP contribution in [0.25, 0.3) is 0 Å². The van der Waals surface area contributed by atoms with Crippen LogP contribution in [-0.4, -0.2) is 32.3 Å². The van der Waals surface area contributed by atoms with E-state index >= 15 is 0 Å². The summed E-state index contributed by atoms with van der Waals surface area (Å²) in [4.78, 5) is 12.0. The van der Waals surface area contributed by atoms with Crippen LogP contribution in [0.3, 0.4) is 0 Å². The molecule has 4 nitrogen and oxygen atoms in total. The Balaban J connectivity index is 1.72. The second kappa shape index (κ2) is 9.14. The van der Waals surface area contributed by atoms with E-state index in [9.17, 15) is 4.79 Å². The zero-order valence-corrected chi connectivity index (χ0v) is 14.7. The summed E-state index contributed by atoms with van der Waals surface area (Å²) in [5.74, 6) is 1.25. The number of benzene rings is 1. The van der Waals surface area contributed by atoms with Crippen LogP contribution in [0.2, 0.25) is 5.02 Å². The number of hydrogen-bond acceptors (Lipinski definition) is 3. The van der Waals surface area contributed by atoms with Crippen LogP contribution in [0, 0.1) is 5.92 Å². The van der Waals surface area contributed by atoms with Crippen LogP contribution in [0.5, 0.6) is 5.75 Å². The molecule has 0 radical (unpaired) electrons. The first kappa shape index (κ1) is 18.1. The molecule has 1 aromatic carbocycles. The molecule has 1 N–H and O–H groups in total. The average molecular weight is 340 g/mol. The van der Waals surface area contributed by atoms with Crippen molar-refractivity contribution in [3.05, 3.63) is 28.8 Å². The highest BCUT2D eigenvalue weighted by Crippen LogP contribution is 2.26. The van der Waals surface area contributed by atoms with E-state index < -0.39 is 0 Å². The number of carbonyl (C=O) groups excluding carboxylic acids is 1. The lowest BCUT2D eigenvalue weighted by atomic mass is 9.88. The van der Waals surface area contributed by atoms with Gasteiger partial charge in [0.25, 0.3) is 0 Å². The molecule has 128 valence electrons. The highest BCUT2D eigenvalue weighted by atomic mass is 35.5. The standard InChI is InChI=1S/C18H26ClNO3/c1-13-5-3-4-6-16(13)23-10-9-20-18(21)12-14-11-15(19)7-8-17(14)22-2/h7-8,11,13,16H,3-6,9-10,12H2,1-2H3,(H,20,21)/t13-,16+/m0/s1. The molecule has 1 aromatic rings. The predicted molar refractivity (Wildman–Crippen MR) is 92.1 cm³/mol. The van der Waals surface area contributed by atoms with E-state index in [0.717, 1.165) is 12.0 Å². The number of hydrogen-bond donors (Lipinski definition) is 1. The van der Waals surface area contributed by atoms with Crippen molar-refractivity contribution in [3.8, 4) is 5.75 Å². The Morgan fingerprint density at radius 1 is 1.35 bits per heavy atom. The van der Waals surface area contributed by atoms with Crippen LogP contribution in [0.1, 0.15) is 38.2 Å². The van der Waals surface area contributed by atoms with Crippen molar-refractivity contribution in [2.75, 3.05) is 20.3 Å². The first-order valence-corrected chi connectivity index (χ1v) is 8.68. The summed E-state index contributed by atoms with van der Waals surface area (Å²) in [6, 6.07) is 5.29. The normalized spacial score (nSPS) is 21.0. The molecule has 1 aliphatic carbocycles. The average Bonchev–Trinajstić information content (AvgIpc) is 2.53. The maximum Gasteiger partial charge on any atom is 0.224 e. The van der Waals surface area contributed by atoms with Gasteiger partial charge in [-0.3, -0.25) is 4.79 Å². The quantitative estimate of drug-likeness (QED) is 0.772. The number of rotatable bonds is 7. The molecule has 0 spiro atoms. The predicted octanol–water partition coefficient (Wildman–Crippen LogP) is 3.60. The van der Waals surface area contributed by atoms with Gasteiger partial charge >= 0.3 is 0 Å². The largest absolute Gasteiger partial charge is 0.496 e. The summed E-state index contributed by atoms with van der Waals surface area (Å²) in [7, 11) is 1.59. The summed E-state index contributed by atoms with van der Waals surface area (Å²) in [5, 5.41) is 3.49. The van der Waals surface area contributed by atoms with E-state index in [4.69, 9.17) is 21.1 Å². The Morgan fingerprint density at radius 2 is 2.13 bits per heavy atom. The number of halogens is 1. The van der Waals surface area contributed by atoms with Gasteiger partial charge in [0.2, 0.25) is 5.91 Å². The Kier molecular flexibility index (Phi) is 7.18. The van der Waals surface area contributed by atoms with E-state index in [1.54, 1.807) is 25.3 Å². The summed E-state index contributed by atoms with van der Waals surface area (Å²) in [5.41, 5.74) is 0.791. The van der Waals surface area contributed by atoms with E-state index in [-0.39, 0.29) is 12.3 Å². The molecule has 0 saturated heterocycles. The Hall–Kier alpha value is -1.26. The van der Waals surface area contributed by atoms with Gasteiger partial charge in [-0.1, -0.05) is 31.4 Å². The molecule has 5 heteroatoms. The molecule has 2 rings (SSSR count). The number of methoxy groups -OCH3 is 1. The first-order valence-electron chi connectivity index (χ1n) is 8.31. The molecule has 2 atom stereocenters. The first-order chi connectivity index (χ1) is 11.1. The smallest absolute Gasteiger partial charge is 0.224 e. The molecule has 0 bridgehead atoms. The molecular formula is C18H26ClNO3. The maximum absolute atomic E-state index is 12.0. The second-order valence-corrected chi connectivity index (χ2v) is 6.59. The fourth-order valence-corrected chi connectivity index (χ4v) is 3.25. The molecule has 1 aliphatic rings. The van der Waals surface area contributed by atoms with Gasteiger partial charge in [0.15, 0.2) is 0 Å². The minimum atomic E-state index is -0.0501. The Morgan fingerprint density at radius 3 is 2.87 bits per heavy atom. The topological polar surface area (TPSA) is 47.6 Å². The van der Waals surface area contributed by atoms with Gasteiger partial charge < -0.3 is 14.8 Å². The third kappa shape index (κ3) is 5.70. The zero-order chi connectivity index (χ0) is 16.7. The van der Waals surface area contributed by atoms with Crippen molar-refractivity contribution in [3.63, 3.8) is 0 Å². The number of ether oxygens (including phenoxy) is 2. The van der Waals surface area contributed by atoms with Gasteiger partial charge in [0, 0.05) is 17.1 Å². The summed E-state index contributed by atoms with van der Waals surface area (Å²) in [6.45, 7) is 3.34. The van der Waals surface area contributed by atoms with Crippen molar-refractivity contribution in [1.82, 2.24) is 5.32 Å². The van der Waals surface area contributed by atoms with E-state index in [2.05, 4.69) is 12.2 Å². The highest BCUT2D eigenvalue weighted by molar-refractivity contribution is 6.30. The van der Waals surface area contributed by atoms with Gasteiger partial charge in [-0.15, -0.1) is 0 Å². The molecular weight excluding hydrogens is 314 g/mol. The van der Waals surface area contributed by atoms with Crippen LogP contribution in [0.4, 0.5) is 0 Å². The van der Waals surface area contributed by atoms with Crippen LogP contribution in [0.15, 0.2) is 18.2 Å². The molecule has 0 unspecified atom stereocenters. The van der Waals surface area contributed by atoms with Gasteiger partial charge in [0.1, 0.15) is 5.75 Å². The van der Waals surface area contributed by atoms with E-state index in [0.29, 0.717) is 35.9 Å². The third-order valence-corrected chi connectivity index (χ3v) is 4.62. The van der Waals surface area contributed by atoms with Crippen molar-refractivity contribution < 1.29 is 14.3 Å². The zero-order valence-electron chi connectivity index (χ0n) is 13.9. The van der Waals surface area contributed by atoms with Crippen molar-refractivity contribution in [2.24, 2.45) is 5.92 Å².